The van der Waals surface area contributed by atoms with Gasteiger partial charge in [-0.1, -0.05) is 77.0 Å². The first-order chi connectivity index (χ1) is 22.3. The van der Waals surface area contributed by atoms with Crippen LogP contribution in [-0.4, -0.2) is 39.0 Å². The minimum Gasteiger partial charge on any atom is -0.853 e. The van der Waals surface area contributed by atoms with Crippen LogP contribution in [0.3, 0.4) is 0 Å². The molecule has 7 rings (SSSR count). The quantitative estimate of drug-likeness (QED) is 0.132. The topological polar surface area (TPSA) is 28.8 Å². The van der Waals surface area contributed by atoms with Crippen molar-refractivity contribution in [2.45, 2.75) is 153 Å². The van der Waals surface area contributed by atoms with Gasteiger partial charge in [-0.2, -0.15) is 42.0 Å². The van der Waals surface area contributed by atoms with E-state index in [1.165, 1.54) is 128 Å². The fourth-order valence-corrected chi connectivity index (χ4v) is 11.4. The van der Waals surface area contributed by atoms with Crippen molar-refractivity contribution in [3.05, 3.63) is 102 Å². The van der Waals surface area contributed by atoms with E-state index in [1.807, 2.05) is 72.8 Å². The average Bonchev–Trinajstić information content (AvgIpc) is 3.91. The van der Waals surface area contributed by atoms with Crippen LogP contribution in [0.4, 0.5) is 0 Å². The van der Waals surface area contributed by atoms with E-state index in [4.69, 9.17) is 0 Å². The molecule has 0 radical (unpaired) electrons. The Morgan fingerprint density at radius 2 is 0.891 bits per heavy atom. The van der Waals surface area contributed by atoms with Gasteiger partial charge in [-0.05, 0) is 51.4 Å². The van der Waals surface area contributed by atoms with Crippen LogP contribution in [0, 0.1) is 6.07 Å². The van der Waals surface area contributed by atoms with Crippen LogP contribution in [0.25, 0.3) is 5.41 Å². The van der Waals surface area contributed by atoms with Crippen LogP contribution in [0.15, 0.2) is 84.9 Å². The SMILES string of the molecule is [N-]=C(c1[c-]cccc1)P(N(C1CCCCC1)C1CCCCC1)N(C1CCCCC1)C1CCCCC1.[Zr+4].c1cc[cH-]c1.c1cc[cH-]c1. The number of benzene rings is 1. The Balaban J connectivity index is 0.000000371. The van der Waals surface area contributed by atoms with E-state index < -0.39 is 8.22 Å². The summed E-state index contributed by atoms with van der Waals surface area (Å²) in [7, 11) is -0.909. The molecule has 0 saturated heterocycles. The molecule has 0 heterocycles. The van der Waals surface area contributed by atoms with Gasteiger partial charge in [-0.3, -0.25) is 9.34 Å². The van der Waals surface area contributed by atoms with Gasteiger partial charge in [0, 0.05) is 32.4 Å². The smallest absolute Gasteiger partial charge is 0.853 e. The summed E-state index contributed by atoms with van der Waals surface area (Å²) in [5.41, 5.74) is 1.61. The first-order valence-corrected chi connectivity index (χ1v) is 19.8. The van der Waals surface area contributed by atoms with Crippen molar-refractivity contribution in [1.82, 2.24) is 9.34 Å². The largest absolute Gasteiger partial charge is 4.00 e. The van der Waals surface area contributed by atoms with E-state index >= 15 is 0 Å². The van der Waals surface area contributed by atoms with Crippen molar-refractivity contribution in [1.29, 1.82) is 0 Å². The molecule has 4 saturated carbocycles. The molecule has 0 N–H and O–H groups in total. The van der Waals surface area contributed by atoms with Crippen molar-refractivity contribution in [2.75, 3.05) is 0 Å². The van der Waals surface area contributed by atoms with Crippen molar-refractivity contribution < 1.29 is 26.2 Å². The molecule has 4 aliphatic rings. The van der Waals surface area contributed by atoms with Gasteiger partial charge in [0.05, 0.1) is 0 Å². The van der Waals surface area contributed by atoms with Crippen LogP contribution >= 0.6 is 8.22 Å². The summed E-state index contributed by atoms with van der Waals surface area (Å²) in [6.45, 7) is 0. The van der Waals surface area contributed by atoms with Crippen molar-refractivity contribution in [3.8, 4) is 0 Å². The Morgan fingerprint density at radius 3 is 1.15 bits per heavy atom. The summed E-state index contributed by atoms with van der Waals surface area (Å²) in [4.78, 5) is 0. The molecular weight excluding hydrogens is 657 g/mol. The molecule has 0 aromatic heterocycles. The molecule has 3 aromatic carbocycles. The number of hydrogen-bond acceptors (Lipinski definition) is 2. The predicted molar refractivity (Wildman–Crippen MR) is 195 cm³/mol. The van der Waals surface area contributed by atoms with Gasteiger partial charge < -0.3 is 5.41 Å². The summed E-state index contributed by atoms with van der Waals surface area (Å²) >= 11 is 0. The average molecular weight is 715 g/mol. The normalized spacial score (nSPS) is 20.3. The summed E-state index contributed by atoms with van der Waals surface area (Å²) in [6, 6.07) is 34.2. The van der Waals surface area contributed by atoms with Crippen LogP contribution in [0.5, 0.6) is 0 Å². The zero-order valence-electron chi connectivity index (χ0n) is 28.3. The Hall–Kier alpha value is -1.18. The zero-order chi connectivity index (χ0) is 30.9. The molecule has 46 heavy (non-hydrogen) atoms. The zero-order valence-corrected chi connectivity index (χ0v) is 31.7. The molecule has 0 atom stereocenters. The molecule has 0 bridgehead atoms. The third-order valence-corrected chi connectivity index (χ3v) is 13.3. The summed E-state index contributed by atoms with van der Waals surface area (Å²) in [6.07, 6.45) is 27.1. The third kappa shape index (κ3) is 11.5. The number of rotatable bonds is 8. The van der Waals surface area contributed by atoms with Gasteiger partial charge >= 0.3 is 26.2 Å². The van der Waals surface area contributed by atoms with Crippen LogP contribution in [0.1, 0.15) is 134 Å². The Kier molecular flexibility index (Phi) is 17.8. The summed E-state index contributed by atoms with van der Waals surface area (Å²) in [5, 5.41) is 12.3. The van der Waals surface area contributed by atoms with Crippen LogP contribution in [-0.2, 0) is 26.2 Å². The van der Waals surface area contributed by atoms with Gasteiger partial charge in [0.2, 0.25) is 0 Å². The fourth-order valence-electron chi connectivity index (χ4n) is 8.22. The van der Waals surface area contributed by atoms with Crippen molar-refractivity contribution in [3.63, 3.8) is 0 Å². The molecule has 3 aromatic rings. The second-order valence-corrected chi connectivity index (χ2v) is 15.7. The van der Waals surface area contributed by atoms with E-state index in [1.54, 1.807) is 0 Å². The maximum atomic E-state index is 12.3. The maximum Gasteiger partial charge on any atom is 4.00 e. The molecule has 5 heteroatoms. The summed E-state index contributed by atoms with van der Waals surface area (Å²) in [5.74, 6) is 0. The van der Waals surface area contributed by atoms with Gasteiger partial charge in [0.25, 0.3) is 0 Å². The van der Waals surface area contributed by atoms with E-state index in [0.717, 1.165) is 5.56 Å². The number of hydrogen-bond donors (Lipinski definition) is 0. The first kappa shape index (κ1) is 37.6. The molecule has 0 spiro atoms. The molecule has 3 nitrogen and oxygen atoms in total. The van der Waals surface area contributed by atoms with E-state index in [2.05, 4.69) is 27.5 Å². The van der Waals surface area contributed by atoms with Gasteiger partial charge in [0.15, 0.2) is 0 Å². The molecule has 0 aliphatic heterocycles. The number of nitrogens with zero attached hydrogens (tertiary/aromatic N) is 3. The van der Waals surface area contributed by atoms with Gasteiger partial charge in [0.1, 0.15) is 0 Å². The van der Waals surface area contributed by atoms with Gasteiger partial charge in [-0.25, -0.2) is 29.7 Å². The minimum atomic E-state index is -0.909. The molecular formula is C41H58N3PZr. The third-order valence-electron chi connectivity index (χ3n) is 10.5. The minimum absolute atomic E-state index is 0. The Labute approximate surface area is 302 Å². The molecule has 0 unspecified atom stereocenters. The molecule has 0 amide bonds. The molecule has 4 fully saturated rings. The van der Waals surface area contributed by atoms with Crippen LogP contribution in [0.2, 0.25) is 0 Å². The maximum absolute atomic E-state index is 12.3. The van der Waals surface area contributed by atoms with E-state index in [0.29, 0.717) is 29.6 Å². The second kappa shape index (κ2) is 21.7. The molecule has 246 valence electrons. The van der Waals surface area contributed by atoms with E-state index in [-0.39, 0.29) is 26.2 Å². The van der Waals surface area contributed by atoms with Crippen molar-refractivity contribution in [2.24, 2.45) is 0 Å². The van der Waals surface area contributed by atoms with Crippen molar-refractivity contribution >= 4 is 13.7 Å². The molecule has 4 aliphatic carbocycles. The summed E-state index contributed by atoms with van der Waals surface area (Å²) < 4.78 is 5.96. The fraction of sp³-hybridized carbons (Fsp3) is 0.585. The van der Waals surface area contributed by atoms with E-state index in [9.17, 15) is 5.41 Å². The monoisotopic (exact) mass is 713 g/mol. The van der Waals surface area contributed by atoms with Gasteiger partial charge in [-0.15, -0.1) is 30.3 Å². The Morgan fingerprint density at radius 1 is 0.543 bits per heavy atom. The second-order valence-electron chi connectivity index (χ2n) is 13.7. The standard InChI is InChI=1S/C31H48N3P.2C5H5.Zr/c32-31(26-16-6-1-7-17-26)35(33(27-18-8-2-9-19-27)28-20-10-3-11-21-28)34(29-22-12-4-13-23-29)30-24-14-5-15-25-30;2*1-2-4-5-3-1;/h1,6-7,16,27-30H,2-5,8-15,18-25H2;2*1-5H;/q-2;2*-1;+4. The Bertz CT molecular complexity index is 989. The first-order valence-electron chi connectivity index (χ1n) is 18.6. The van der Waals surface area contributed by atoms with Crippen LogP contribution < -0.4 is 0 Å². The predicted octanol–water partition coefficient (Wildman–Crippen LogP) is 11.9.